The highest BCUT2D eigenvalue weighted by Crippen LogP contribution is 2.16. The van der Waals surface area contributed by atoms with E-state index in [9.17, 15) is 0 Å². The Bertz CT molecular complexity index is 398. The SMILES string of the molecule is Oc1nc(S)nc2nn[nH]c12. The van der Waals surface area contributed by atoms with Crippen molar-refractivity contribution in [2.45, 2.75) is 5.16 Å². The molecule has 0 saturated heterocycles. The zero-order valence-corrected chi connectivity index (χ0v) is 6.08. The van der Waals surface area contributed by atoms with Gasteiger partial charge in [-0.1, -0.05) is 5.21 Å². The maximum atomic E-state index is 9.13. The highest BCUT2D eigenvalue weighted by atomic mass is 32.1. The molecular weight excluding hydrogens is 166 g/mol. The Morgan fingerprint density at radius 3 is 3.00 bits per heavy atom. The van der Waals surface area contributed by atoms with Gasteiger partial charge in [0.2, 0.25) is 11.5 Å². The smallest absolute Gasteiger partial charge is 0.243 e. The molecule has 0 unspecified atom stereocenters. The lowest BCUT2D eigenvalue weighted by molar-refractivity contribution is 0.452. The lowest BCUT2D eigenvalue weighted by Gasteiger charge is -1.91. The monoisotopic (exact) mass is 169 g/mol. The summed E-state index contributed by atoms with van der Waals surface area (Å²) in [6.45, 7) is 0. The molecule has 0 aliphatic rings. The number of aromatic amines is 1. The molecule has 0 amide bonds. The van der Waals surface area contributed by atoms with Gasteiger partial charge >= 0.3 is 0 Å². The second kappa shape index (κ2) is 2.06. The highest BCUT2D eigenvalue weighted by molar-refractivity contribution is 7.80. The van der Waals surface area contributed by atoms with Crippen molar-refractivity contribution in [1.82, 2.24) is 25.4 Å². The van der Waals surface area contributed by atoms with Crippen molar-refractivity contribution >= 4 is 23.8 Å². The molecule has 0 spiro atoms. The van der Waals surface area contributed by atoms with Gasteiger partial charge in [0.15, 0.2) is 10.7 Å². The molecule has 0 aliphatic heterocycles. The molecule has 0 fully saturated rings. The average molecular weight is 169 g/mol. The van der Waals surface area contributed by atoms with Crippen LogP contribution in [0.5, 0.6) is 5.88 Å². The van der Waals surface area contributed by atoms with Gasteiger partial charge in [-0.05, 0) is 0 Å². The van der Waals surface area contributed by atoms with E-state index >= 15 is 0 Å². The normalized spacial score (nSPS) is 10.6. The molecule has 0 aromatic carbocycles. The second-order valence-electron chi connectivity index (χ2n) is 1.86. The summed E-state index contributed by atoms with van der Waals surface area (Å²) in [6.07, 6.45) is 0. The minimum atomic E-state index is -0.190. The van der Waals surface area contributed by atoms with Gasteiger partial charge in [-0.25, -0.2) is 0 Å². The van der Waals surface area contributed by atoms with E-state index in [1.807, 2.05) is 0 Å². The Labute approximate surface area is 66.1 Å². The first kappa shape index (κ1) is 6.35. The molecule has 0 aliphatic carbocycles. The third-order valence-corrected chi connectivity index (χ3v) is 1.37. The molecule has 6 nitrogen and oxygen atoms in total. The summed E-state index contributed by atoms with van der Waals surface area (Å²) in [6, 6.07) is 0. The van der Waals surface area contributed by atoms with Crippen molar-refractivity contribution in [2.24, 2.45) is 0 Å². The fraction of sp³-hybridized carbons (Fsp3) is 0. The van der Waals surface area contributed by atoms with E-state index in [-0.39, 0.29) is 11.0 Å². The highest BCUT2D eigenvalue weighted by Gasteiger charge is 2.06. The summed E-state index contributed by atoms with van der Waals surface area (Å²) < 4.78 is 0. The van der Waals surface area contributed by atoms with E-state index in [2.05, 4.69) is 38.0 Å². The van der Waals surface area contributed by atoms with E-state index in [1.54, 1.807) is 0 Å². The average Bonchev–Trinajstić information content (AvgIpc) is 2.34. The molecule has 2 rings (SSSR count). The Kier molecular flexibility index (Phi) is 1.19. The number of fused-ring (bicyclic) bond motifs is 1. The van der Waals surface area contributed by atoms with Crippen LogP contribution in [0, 0.1) is 0 Å². The van der Waals surface area contributed by atoms with Crippen LogP contribution in [-0.4, -0.2) is 30.5 Å². The number of H-pyrrole nitrogens is 1. The Morgan fingerprint density at radius 2 is 2.18 bits per heavy atom. The van der Waals surface area contributed by atoms with Crippen LogP contribution in [0.2, 0.25) is 0 Å². The fourth-order valence-electron chi connectivity index (χ4n) is 0.721. The molecule has 0 saturated carbocycles. The van der Waals surface area contributed by atoms with Crippen LogP contribution in [0.3, 0.4) is 0 Å². The minimum Gasteiger partial charge on any atom is -0.492 e. The van der Waals surface area contributed by atoms with Crippen molar-refractivity contribution in [2.75, 3.05) is 0 Å². The molecular formula is C4H3N5OS. The van der Waals surface area contributed by atoms with Crippen LogP contribution in [0.15, 0.2) is 5.16 Å². The molecule has 2 N–H and O–H groups in total. The Balaban J connectivity index is 2.91. The molecule has 2 heterocycles. The largest absolute Gasteiger partial charge is 0.492 e. The maximum Gasteiger partial charge on any atom is 0.243 e. The number of aromatic hydroxyl groups is 1. The van der Waals surface area contributed by atoms with Crippen LogP contribution >= 0.6 is 12.6 Å². The first-order chi connectivity index (χ1) is 5.27. The van der Waals surface area contributed by atoms with Crippen molar-refractivity contribution in [3.8, 4) is 5.88 Å². The van der Waals surface area contributed by atoms with Crippen molar-refractivity contribution in [3.63, 3.8) is 0 Å². The summed E-state index contributed by atoms with van der Waals surface area (Å²) in [5.74, 6) is -0.190. The third kappa shape index (κ3) is 0.891. The summed E-state index contributed by atoms with van der Waals surface area (Å²) in [5.41, 5.74) is 0.630. The Hall–Kier alpha value is -1.37. The quantitative estimate of drug-likeness (QED) is 0.373. The van der Waals surface area contributed by atoms with Crippen LogP contribution in [0.1, 0.15) is 0 Å². The molecule has 7 heteroatoms. The summed E-state index contributed by atoms with van der Waals surface area (Å²) >= 11 is 3.84. The van der Waals surface area contributed by atoms with E-state index in [0.717, 1.165) is 0 Å². The van der Waals surface area contributed by atoms with Crippen LogP contribution in [0.25, 0.3) is 11.2 Å². The van der Waals surface area contributed by atoms with Crippen LogP contribution < -0.4 is 0 Å². The molecule has 0 atom stereocenters. The minimum absolute atomic E-state index is 0.170. The number of thiol groups is 1. The van der Waals surface area contributed by atoms with Crippen molar-refractivity contribution < 1.29 is 5.11 Å². The van der Waals surface area contributed by atoms with Gasteiger partial charge in [-0.2, -0.15) is 9.97 Å². The summed E-state index contributed by atoms with van der Waals surface area (Å²) in [7, 11) is 0. The first-order valence-electron chi connectivity index (χ1n) is 2.74. The summed E-state index contributed by atoms with van der Waals surface area (Å²) in [4.78, 5) is 7.36. The number of rotatable bonds is 0. The lowest BCUT2D eigenvalue weighted by Crippen LogP contribution is -1.85. The van der Waals surface area contributed by atoms with E-state index < -0.39 is 0 Å². The predicted octanol–water partition coefficient (Wildman–Crippen LogP) is -0.258. The van der Waals surface area contributed by atoms with E-state index in [1.165, 1.54) is 0 Å². The molecule has 2 aromatic rings. The number of nitrogens with one attached hydrogen (secondary N) is 1. The summed E-state index contributed by atoms with van der Waals surface area (Å²) in [5, 5.41) is 18.8. The van der Waals surface area contributed by atoms with E-state index in [4.69, 9.17) is 5.11 Å². The zero-order valence-electron chi connectivity index (χ0n) is 5.18. The zero-order chi connectivity index (χ0) is 7.84. The van der Waals surface area contributed by atoms with Crippen molar-refractivity contribution in [3.05, 3.63) is 0 Å². The number of hydrogen-bond acceptors (Lipinski definition) is 6. The van der Waals surface area contributed by atoms with Gasteiger partial charge in [-0.15, -0.1) is 17.7 Å². The van der Waals surface area contributed by atoms with Gasteiger partial charge in [0, 0.05) is 0 Å². The molecule has 0 radical (unpaired) electrons. The molecule has 11 heavy (non-hydrogen) atoms. The number of hydrogen-bond donors (Lipinski definition) is 3. The maximum absolute atomic E-state index is 9.13. The van der Waals surface area contributed by atoms with Crippen LogP contribution in [-0.2, 0) is 0 Å². The predicted molar refractivity (Wildman–Crippen MR) is 38.4 cm³/mol. The molecule has 56 valence electrons. The van der Waals surface area contributed by atoms with Gasteiger partial charge in [0.1, 0.15) is 0 Å². The number of aromatic nitrogens is 5. The third-order valence-electron chi connectivity index (χ3n) is 1.17. The van der Waals surface area contributed by atoms with Gasteiger partial charge in [-0.3, -0.25) is 5.10 Å². The molecule has 2 aromatic heterocycles. The van der Waals surface area contributed by atoms with Crippen molar-refractivity contribution in [1.29, 1.82) is 0 Å². The van der Waals surface area contributed by atoms with Gasteiger partial charge < -0.3 is 5.11 Å². The molecule has 0 bridgehead atoms. The standard InChI is InChI=1S/C4H3N5OS/c10-3-1-2(8-9-7-1)5-4(11)6-3/h(H3,5,6,7,8,9,10,11). The topological polar surface area (TPSA) is 87.6 Å². The van der Waals surface area contributed by atoms with Gasteiger partial charge in [0.25, 0.3) is 0 Å². The van der Waals surface area contributed by atoms with Crippen LogP contribution in [0.4, 0.5) is 0 Å². The van der Waals surface area contributed by atoms with E-state index in [0.29, 0.717) is 11.2 Å². The fourth-order valence-corrected chi connectivity index (χ4v) is 0.910. The Morgan fingerprint density at radius 1 is 1.36 bits per heavy atom. The first-order valence-corrected chi connectivity index (χ1v) is 3.19. The number of nitrogens with zero attached hydrogens (tertiary/aromatic N) is 4. The van der Waals surface area contributed by atoms with Gasteiger partial charge in [0.05, 0.1) is 0 Å². The lowest BCUT2D eigenvalue weighted by atomic mass is 10.5. The second-order valence-corrected chi connectivity index (χ2v) is 2.26.